The summed E-state index contributed by atoms with van der Waals surface area (Å²) >= 11 is 6.34. The molecule has 1 saturated heterocycles. The van der Waals surface area contributed by atoms with Gasteiger partial charge in [0.1, 0.15) is 11.6 Å². The van der Waals surface area contributed by atoms with Crippen LogP contribution in [0.25, 0.3) is 0 Å². The highest BCUT2D eigenvalue weighted by molar-refractivity contribution is 6.20. The normalized spacial score (nSPS) is 25.8. The maximum absolute atomic E-state index is 13.0. The summed E-state index contributed by atoms with van der Waals surface area (Å²) in [4.78, 5) is 0. The Labute approximate surface area is 127 Å². The molecule has 0 aliphatic carbocycles. The average Bonchev–Trinajstić information content (AvgIpc) is 2.48. The molecule has 0 saturated carbocycles. The lowest BCUT2D eigenvalue weighted by molar-refractivity contribution is -0.0517. The van der Waals surface area contributed by atoms with E-state index in [1.807, 2.05) is 0 Å². The highest BCUT2D eigenvalue weighted by Crippen LogP contribution is 2.40. The molecule has 2 aromatic carbocycles. The summed E-state index contributed by atoms with van der Waals surface area (Å²) in [6.45, 7) is 0. The zero-order valence-electron chi connectivity index (χ0n) is 11.3. The van der Waals surface area contributed by atoms with Gasteiger partial charge in [-0.05, 0) is 48.2 Å². The van der Waals surface area contributed by atoms with E-state index in [2.05, 4.69) is 0 Å². The van der Waals surface area contributed by atoms with E-state index in [0.717, 1.165) is 11.1 Å². The zero-order valence-corrected chi connectivity index (χ0v) is 12.1. The summed E-state index contributed by atoms with van der Waals surface area (Å²) in [5.74, 6) is -0.542. The molecule has 1 aliphatic rings. The second kappa shape index (κ2) is 6.12. The van der Waals surface area contributed by atoms with Crippen molar-refractivity contribution in [1.29, 1.82) is 0 Å². The Bertz CT molecular complexity index is 544. The molecular weight excluding hydrogens is 294 g/mol. The van der Waals surface area contributed by atoms with Crippen molar-refractivity contribution < 1.29 is 13.5 Å². The van der Waals surface area contributed by atoms with Gasteiger partial charge in [-0.1, -0.05) is 24.3 Å². The minimum absolute atomic E-state index is 0.0242. The van der Waals surface area contributed by atoms with E-state index in [-0.39, 0.29) is 29.2 Å². The van der Waals surface area contributed by atoms with E-state index in [1.54, 1.807) is 24.3 Å². The highest BCUT2D eigenvalue weighted by atomic mass is 35.5. The second-order valence-corrected chi connectivity index (χ2v) is 5.90. The molecule has 0 amide bonds. The number of alkyl halides is 1. The van der Waals surface area contributed by atoms with E-state index in [0.29, 0.717) is 12.8 Å². The topological polar surface area (TPSA) is 9.23 Å². The Kier molecular flexibility index (Phi) is 4.22. The molecule has 3 atom stereocenters. The van der Waals surface area contributed by atoms with Gasteiger partial charge in [0, 0.05) is 5.38 Å². The first kappa shape index (κ1) is 14.5. The van der Waals surface area contributed by atoms with Crippen LogP contribution in [-0.4, -0.2) is 5.38 Å². The van der Waals surface area contributed by atoms with Gasteiger partial charge in [0.25, 0.3) is 0 Å². The molecule has 1 aliphatic heterocycles. The van der Waals surface area contributed by atoms with Gasteiger partial charge in [-0.3, -0.25) is 0 Å². The lowest BCUT2D eigenvalue weighted by atomic mass is 9.94. The fourth-order valence-corrected chi connectivity index (χ4v) is 2.98. The van der Waals surface area contributed by atoms with Gasteiger partial charge in [-0.2, -0.15) is 0 Å². The van der Waals surface area contributed by atoms with Gasteiger partial charge in [-0.25, -0.2) is 8.78 Å². The largest absolute Gasteiger partial charge is 0.365 e. The number of benzene rings is 2. The Balaban J connectivity index is 1.81. The van der Waals surface area contributed by atoms with Crippen LogP contribution in [0.2, 0.25) is 0 Å². The van der Waals surface area contributed by atoms with Crippen LogP contribution in [0, 0.1) is 11.6 Å². The summed E-state index contributed by atoms with van der Waals surface area (Å²) in [6.07, 6.45) is 1.03. The van der Waals surface area contributed by atoms with Gasteiger partial charge in [0.05, 0.1) is 12.2 Å². The van der Waals surface area contributed by atoms with Crippen molar-refractivity contribution in [2.24, 2.45) is 0 Å². The first-order valence-corrected chi connectivity index (χ1v) is 7.36. The molecule has 0 N–H and O–H groups in total. The molecule has 3 rings (SSSR count). The van der Waals surface area contributed by atoms with Crippen molar-refractivity contribution in [2.45, 2.75) is 30.4 Å². The van der Waals surface area contributed by atoms with Crippen LogP contribution in [0.1, 0.15) is 36.2 Å². The fourth-order valence-electron chi connectivity index (χ4n) is 2.65. The number of hydrogen-bond donors (Lipinski definition) is 0. The van der Waals surface area contributed by atoms with Crippen molar-refractivity contribution in [2.75, 3.05) is 0 Å². The Morgan fingerprint density at radius 3 is 1.52 bits per heavy atom. The van der Waals surface area contributed by atoms with Crippen LogP contribution in [0.3, 0.4) is 0 Å². The zero-order chi connectivity index (χ0) is 14.8. The number of ether oxygens (including phenoxy) is 1. The summed E-state index contributed by atoms with van der Waals surface area (Å²) in [7, 11) is 0. The van der Waals surface area contributed by atoms with Gasteiger partial charge in [0.2, 0.25) is 0 Å². The van der Waals surface area contributed by atoms with Crippen molar-refractivity contribution in [3.63, 3.8) is 0 Å². The van der Waals surface area contributed by atoms with Crippen molar-refractivity contribution in [3.8, 4) is 0 Å². The molecule has 0 aromatic heterocycles. The van der Waals surface area contributed by atoms with Gasteiger partial charge in [-0.15, -0.1) is 11.6 Å². The maximum atomic E-state index is 13.0. The Morgan fingerprint density at radius 1 is 0.762 bits per heavy atom. The molecule has 110 valence electrons. The standard InChI is InChI=1S/C17H15ClF2O/c18-13-9-16(11-1-5-14(19)6-2-11)21-17(10-13)12-3-7-15(20)8-4-12/h1-8,13,16-17H,9-10H2/t13?,16-,17+. The SMILES string of the molecule is Fc1ccc([C@@H]2CC(Cl)C[C@H](c3ccc(F)cc3)O2)cc1. The number of rotatable bonds is 2. The fraction of sp³-hybridized carbons (Fsp3) is 0.294. The Hall–Kier alpha value is -1.45. The van der Waals surface area contributed by atoms with Crippen LogP contribution < -0.4 is 0 Å². The van der Waals surface area contributed by atoms with E-state index < -0.39 is 0 Å². The molecule has 4 heteroatoms. The molecule has 1 heterocycles. The van der Waals surface area contributed by atoms with Crippen molar-refractivity contribution in [1.82, 2.24) is 0 Å². The van der Waals surface area contributed by atoms with Crippen LogP contribution in [0.15, 0.2) is 48.5 Å². The molecule has 0 spiro atoms. The first-order valence-electron chi connectivity index (χ1n) is 6.92. The van der Waals surface area contributed by atoms with E-state index in [1.165, 1.54) is 24.3 Å². The molecule has 21 heavy (non-hydrogen) atoms. The molecule has 0 bridgehead atoms. The summed E-state index contributed by atoms with van der Waals surface area (Å²) in [5, 5.41) is -0.0242. The van der Waals surface area contributed by atoms with E-state index in [9.17, 15) is 8.78 Å². The highest BCUT2D eigenvalue weighted by Gasteiger charge is 2.30. The molecule has 1 nitrogen and oxygen atoms in total. The lowest BCUT2D eigenvalue weighted by Crippen LogP contribution is -2.23. The van der Waals surface area contributed by atoms with Crippen LogP contribution in [0.4, 0.5) is 8.78 Å². The third kappa shape index (κ3) is 3.42. The molecule has 2 aromatic rings. The predicted octanol–water partition coefficient (Wildman–Crippen LogP) is 5.17. The Morgan fingerprint density at radius 2 is 1.14 bits per heavy atom. The van der Waals surface area contributed by atoms with Crippen LogP contribution >= 0.6 is 11.6 Å². The minimum atomic E-state index is -0.271. The van der Waals surface area contributed by atoms with Crippen molar-refractivity contribution in [3.05, 3.63) is 71.3 Å². The monoisotopic (exact) mass is 308 g/mol. The third-order valence-electron chi connectivity index (χ3n) is 3.75. The van der Waals surface area contributed by atoms with Crippen LogP contribution in [0.5, 0.6) is 0 Å². The predicted molar refractivity (Wildman–Crippen MR) is 78.2 cm³/mol. The lowest BCUT2D eigenvalue weighted by Gasteiger charge is -2.33. The number of halogens is 3. The first-order chi connectivity index (χ1) is 10.1. The van der Waals surface area contributed by atoms with Gasteiger partial charge >= 0.3 is 0 Å². The van der Waals surface area contributed by atoms with Gasteiger partial charge < -0.3 is 4.74 Å². The molecule has 1 fully saturated rings. The second-order valence-electron chi connectivity index (χ2n) is 5.29. The number of hydrogen-bond acceptors (Lipinski definition) is 1. The molecule has 1 unspecified atom stereocenters. The summed E-state index contributed by atoms with van der Waals surface area (Å²) in [5.41, 5.74) is 1.82. The van der Waals surface area contributed by atoms with E-state index in [4.69, 9.17) is 16.3 Å². The van der Waals surface area contributed by atoms with Crippen molar-refractivity contribution >= 4 is 11.6 Å². The summed E-state index contributed by atoms with van der Waals surface area (Å²) in [6, 6.07) is 12.6. The minimum Gasteiger partial charge on any atom is -0.365 e. The summed E-state index contributed by atoms with van der Waals surface area (Å²) < 4.78 is 32.1. The van der Waals surface area contributed by atoms with Crippen LogP contribution in [-0.2, 0) is 4.74 Å². The maximum Gasteiger partial charge on any atom is 0.123 e. The third-order valence-corrected chi connectivity index (χ3v) is 4.11. The molecular formula is C17H15ClF2O. The average molecular weight is 309 g/mol. The smallest absolute Gasteiger partial charge is 0.123 e. The quantitative estimate of drug-likeness (QED) is 0.696. The van der Waals surface area contributed by atoms with E-state index >= 15 is 0 Å². The molecule has 0 radical (unpaired) electrons. The van der Waals surface area contributed by atoms with Gasteiger partial charge in [0.15, 0.2) is 0 Å².